The second kappa shape index (κ2) is 11.5. The van der Waals surface area contributed by atoms with Crippen LogP contribution in [0.3, 0.4) is 0 Å². The highest BCUT2D eigenvalue weighted by molar-refractivity contribution is 5.76. The molecule has 0 aromatic heterocycles. The van der Waals surface area contributed by atoms with Crippen LogP contribution in [-0.2, 0) is 19.2 Å². The summed E-state index contributed by atoms with van der Waals surface area (Å²) < 4.78 is 0. The maximum atomic E-state index is 12.1. The molecule has 1 amide bonds. The zero-order valence-electron chi connectivity index (χ0n) is 15.5. The highest BCUT2D eigenvalue weighted by Crippen LogP contribution is 2.11. The number of rotatable bonds is 9. The van der Waals surface area contributed by atoms with Crippen LogP contribution in [0.15, 0.2) is 0 Å². The summed E-state index contributed by atoms with van der Waals surface area (Å²) in [5, 5.41) is 30.1. The summed E-state index contributed by atoms with van der Waals surface area (Å²) >= 11 is 0. The van der Waals surface area contributed by atoms with E-state index in [2.05, 4.69) is 5.32 Å². The van der Waals surface area contributed by atoms with Crippen molar-refractivity contribution in [1.82, 2.24) is 20.0 Å². The molecule has 1 aliphatic heterocycles. The van der Waals surface area contributed by atoms with Gasteiger partial charge in [-0.15, -0.1) is 0 Å². The topological polar surface area (TPSA) is 151 Å². The van der Waals surface area contributed by atoms with Gasteiger partial charge in [-0.2, -0.15) is 0 Å². The summed E-state index contributed by atoms with van der Waals surface area (Å²) in [6.45, 7) is 2.85. The van der Waals surface area contributed by atoms with Gasteiger partial charge in [0, 0.05) is 51.7 Å². The number of aliphatic carboxylic acids is 3. The first kappa shape index (κ1) is 22.8. The number of carbonyl (C=O) groups excluding carboxylic acids is 1. The summed E-state index contributed by atoms with van der Waals surface area (Å²) in [4.78, 5) is 50.4. The predicted molar refractivity (Wildman–Crippen MR) is 94.4 cm³/mol. The second-order valence-corrected chi connectivity index (χ2v) is 6.47. The molecule has 0 spiro atoms. The minimum Gasteiger partial charge on any atom is -0.480 e. The molecule has 154 valence electrons. The van der Waals surface area contributed by atoms with Crippen LogP contribution in [0.2, 0.25) is 0 Å². The molecule has 27 heavy (non-hydrogen) atoms. The molecular weight excluding hydrogens is 360 g/mol. The Hall–Kier alpha value is -2.24. The van der Waals surface area contributed by atoms with E-state index < -0.39 is 23.9 Å². The van der Waals surface area contributed by atoms with Gasteiger partial charge in [-0.05, 0) is 6.92 Å². The molecule has 0 radical (unpaired) electrons. The van der Waals surface area contributed by atoms with Gasteiger partial charge in [0.1, 0.15) is 0 Å². The SMILES string of the molecule is CCNC(=O)CC1CN(CC(=O)O)CCN(CC(=O)O)CCN1CC(=O)O. The van der Waals surface area contributed by atoms with Gasteiger partial charge < -0.3 is 20.6 Å². The lowest BCUT2D eigenvalue weighted by Crippen LogP contribution is -2.49. The van der Waals surface area contributed by atoms with E-state index in [9.17, 15) is 24.3 Å². The standard InChI is InChI=1S/C16H28N4O7/c1-2-17-13(21)7-12-8-19(10-15(24)25)4-3-18(9-14(22)23)5-6-20(12)11-16(26)27/h12H,2-11H2,1H3,(H,17,21)(H,22,23)(H,24,25)(H,26,27). The van der Waals surface area contributed by atoms with Gasteiger partial charge >= 0.3 is 17.9 Å². The number of hydrogen-bond donors (Lipinski definition) is 4. The summed E-state index contributed by atoms with van der Waals surface area (Å²) in [6, 6.07) is -0.489. The molecule has 1 rings (SSSR count). The quantitative estimate of drug-likeness (QED) is 0.351. The van der Waals surface area contributed by atoms with E-state index in [1.165, 1.54) is 0 Å². The lowest BCUT2D eigenvalue weighted by Gasteiger charge is -2.32. The normalized spacial score (nSPS) is 20.3. The third-order valence-electron chi connectivity index (χ3n) is 4.27. The Kier molecular flexibility index (Phi) is 9.68. The minimum atomic E-state index is -1.07. The van der Waals surface area contributed by atoms with E-state index in [0.717, 1.165) is 0 Å². The van der Waals surface area contributed by atoms with Crippen molar-refractivity contribution in [3.63, 3.8) is 0 Å². The Bertz CT molecular complexity index is 543. The Morgan fingerprint density at radius 2 is 1.37 bits per heavy atom. The van der Waals surface area contributed by atoms with Crippen LogP contribution in [-0.4, -0.2) is 119 Å². The molecule has 1 fully saturated rings. The Morgan fingerprint density at radius 1 is 0.852 bits per heavy atom. The van der Waals surface area contributed by atoms with Crippen LogP contribution >= 0.6 is 0 Å². The van der Waals surface area contributed by atoms with Crippen molar-refractivity contribution >= 4 is 23.8 Å². The second-order valence-electron chi connectivity index (χ2n) is 6.47. The van der Waals surface area contributed by atoms with Gasteiger partial charge in [-0.3, -0.25) is 33.9 Å². The predicted octanol–water partition coefficient (Wildman–Crippen LogP) is -1.95. The molecular formula is C16H28N4O7. The number of hydrogen-bond acceptors (Lipinski definition) is 7. The van der Waals surface area contributed by atoms with Crippen LogP contribution in [0, 0.1) is 0 Å². The average molecular weight is 388 g/mol. The molecule has 0 bridgehead atoms. The Balaban J connectivity index is 3.03. The van der Waals surface area contributed by atoms with Crippen molar-refractivity contribution in [2.75, 3.05) is 58.9 Å². The van der Waals surface area contributed by atoms with Gasteiger partial charge in [-0.25, -0.2) is 0 Å². The average Bonchev–Trinajstić information content (AvgIpc) is 2.59. The smallest absolute Gasteiger partial charge is 0.317 e. The minimum absolute atomic E-state index is 0.0379. The van der Waals surface area contributed by atoms with Crippen molar-refractivity contribution in [3.8, 4) is 0 Å². The summed E-state index contributed by atoms with van der Waals surface area (Å²) in [7, 11) is 0. The first-order chi connectivity index (χ1) is 12.7. The molecule has 0 saturated carbocycles. The van der Waals surface area contributed by atoms with E-state index in [4.69, 9.17) is 10.2 Å². The molecule has 0 aliphatic carbocycles. The van der Waals surface area contributed by atoms with Crippen molar-refractivity contribution in [2.24, 2.45) is 0 Å². The van der Waals surface area contributed by atoms with E-state index in [1.54, 1.807) is 21.6 Å². The fraction of sp³-hybridized carbons (Fsp3) is 0.750. The number of carboxylic acid groups (broad SMARTS) is 3. The maximum absolute atomic E-state index is 12.1. The molecule has 4 N–H and O–H groups in total. The van der Waals surface area contributed by atoms with Crippen LogP contribution in [0.25, 0.3) is 0 Å². The van der Waals surface area contributed by atoms with Crippen LogP contribution in [0.5, 0.6) is 0 Å². The van der Waals surface area contributed by atoms with Gasteiger partial charge in [0.15, 0.2) is 0 Å². The zero-order valence-corrected chi connectivity index (χ0v) is 15.5. The van der Waals surface area contributed by atoms with Gasteiger partial charge in [-0.1, -0.05) is 0 Å². The largest absolute Gasteiger partial charge is 0.480 e. The number of nitrogens with one attached hydrogen (secondary N) is 1. The summed E-state index contributed by atoms with van der Waals surface area (Å²) in [6.07, 6.45) is 0.0379. The van der Waals surface area contributed by atoms with Gasteiger partial charge in [0.05, 0.1) is 19.6 Å². The van der Waals surface area contributed by atoms with Gasteiger partial charge in [0.2, 0.25) is 5.91 Å². The molecule has 11 heteroatoms. The molecule has 0 aromatic carbocycles. The number of nitrogens with zero attached hydrogens (tertiary/aromatic N) is 3. The third-order valence-corrected chi connectivity index (χ3v) is 4.27. The van der Waals surface area contributed by atoms with Gasteiger partial charge in [0.25, 0.3) is 0 Å². The Morgan fingerprint density at radius 3 is 1.93 bits per heavy atom. The molecule has 1 aliphatic rings. The first-order valence-corrected chi connectivity index (χ1v) is 8.82. The first-order valence-electron chi connectivity index (χ1n) is 8.82. The lowest BCUT2D eigenvalue weighted by molar-refractivity contribution is -0.141. The molecule has 1 heterocycles. The molecule has 1 atom stereocenters. The number of carbonyl (C=O) groups is 4. The van der Waals surface area contributed by atoms with Crippen molar-refractivity contribution in [2.45, 2.75) is 19.4 Å². The van der Waals surface area contributed by atoms with Crippen molar-refractivity contribution in [1.29, 1.82) is 0 Å². The number of amides is 1. The molecule has 1 unspecified atom stereocenters. The Labute approximate surface area is 157 Å². The molecule has 0 aromatic rings. The fourth-order valence-electron chi connectivity index (χ4n) is 3.10. The summed E-state index contributed by atoms with van der Waals surface area (Å²) in [5.41, 5.74) is 0. The van der Waals surface area contributed by atoms with Crippen LogP contribution in [0.4, 0.5) is 0 Å². The van der Waals surface area contributed by atoms with E-state index in [-0.39, 0.29) is 45.1 Å². The van der Waals surface area contributed by atoms with Crippen molar-refractivity contribution in [3.05, 3.63) is 0 Å². The zero-order chi connectivity index (χ0) is 20.4. The van der Waals surface area contributed by atoms with Crippen LogP contribution < -0.4 is 5.32 Å². The molecule has 1 saturated heterocycles. The van der Waals surface area contributed by atoms with E-state index in [0.29, 0.717) is 26.2 Å². The molecule has 11 nitrogen and oxygen atoms in total. The number of carboxylic acids is 3. The highest BCUT2D eigenvalue weighted by atomic mass is 16.4. The monoisotopic (exact) mass is 388 g/mol. The van der Waals surface area contributed by atoms with Crippen molar-refractivity contribution < 1.29 is 34.5 Å². The van der Waals surface area contributed by atoms with E-state index >= 15 is 0 Å². The lowest BCUT2D eigenvalue weighted by atomic mass is 10.1. The summed E-state index contributed by atoms with van der Waals surface area (Å²) in [5.74, 6) is -3.36. The van der Waals surface area contributed by atoms with E-state index in [1.807, 2.05) is 0 Å². The van der Waals surface area contributed by atoms with Crippen LogP contribution in [0.1, 0.15) is 13.3 Å². The maximum Gasteiger partial charge on any atom is 0.317 e. The third kappa shape index (κ3) is 9.31. The highest BCUT2D eigenvalue weighted by Gasteiger charge is 2.29. The fourth-order valence-corrected chi connectivity index (χ4v) is 3.10.